The predicted molar refractivity (Wildman–Crippen MR) is 146 cm³/mol. The van der Waals surface area contributed by atoms with Crippen molar-refractivity contribution >= 4 is 59.8 Å². The fourth-order valence-corrected chi connectivity index (χ4v) is 6.17. The molecule has 2 heterocycles. The largest absolute Gasteiger partial charge is 0.302 e. The highest BCUT2D eigenvalue weighted by atomic mass is 79.9. The predicted octanol–water partition coefficient (Wildman–Crippen LogP) is 8.07. The van der Waals surface area contributed by atoms with E-state index in [1.54, 1.807) is 0 Å². The van der Waals surface area contributed by atoms with Gasteiger partial charge in [0, 0.05) is 16.8 Å². The number of hydrogen-bond acceptors (Lipinski definition) is 1. The van der Waals surface area contributed by atoms with Gasteiger partial charge in [0.1, 0.15) is 29.9 Å². The number of para-hydroxylation sites is 2. The van der Waals surface area contributed by atoms with Crippen molar-refractivity contribution in [3.05, 3.63) is 78.9 Å². The van der Waals surface area contributed by atoms with Crippen molar-refractivity contribution < 1.29 is 4.58 Å². The Bertz CT molecular complexity index is 1120. The molecular weight excluding hydrogens is 594 g/mol. The van der Waals surface area contributed by atoms with Crippen molar-refractivity contribution in [3.63, 3.8) is 0 Å². The Kier molecular flexibility index (Phi) is 7.33. The number of nitrogens with zero attached hydrogens (tertiary/aromatic N) is 3. The monoisotopic (exact) mass is 620 g/mol. The molecule has 4 rings (SSSR count). The molecule has 0 bridgehead atoms. The first-order valence-electron chi connectivity index (χ1n) is 11.1. The molecule has 0 fully saturated rings. The molecule has 0 saturated carbocycles. The number of anilines is 1. The Hall–Kier alpha value is -1.37. The third-order valence-electron chi connectivity index (χ3n) is 6.02. The molecule has 0 spiro atoms. The molecule has 0 atom stereocenters. The summed E-state index contributed by atoms with van der Waals surface area (Å²) in [4.78, 5) is 2.46. The quantitative estimate of drug-likeness (QED) is 0.253. The number of hydrogen-bond donors (Lipinski definition) is 0. The van der Waals surface area contributed by atoms with Gasteiger partial charge < -0.3 is 4.57 Å². The van der Waals surface area contributed by atoms with Gasteiger partial charge in [-0.1, -0.05) is 64.1 Å². The summed E-state index contributed by atoms with van der Waals surface area (Å²) in [5, 5.41) is 0. The number of halogens is 3. The minimum absolute atomic E-state index is 0.488. The lowest BCUT2D eigenvalue weighted by Gasteiger charge is -2.20. The Balaban J connectivity index is 1.73. The fraction of sp³-hybridized carbons (Fsp3) is 0.346. The van der Waals surface area contributed by atoms with Gasteiger partial charge >= 0.3 is 0 Å². The molecule has 1 aromatic heterocycles. The number of rotatable bonds is 6. The Morgan fingerprint density at radius 3 is 2.06 bits per heavy atom. The topological polar surface area (TPSA) is 11.2 Å². The fourth-order valence-electron chi connectivity index (χ4n) is 4.39. The van der Waals surface area contributed by atoms with Crippen molar-refractivity contribution in [3.8, 4) is 5.69 Å². The van der Waals surface area contributed by atoms with Gasteiger partial charge in [0.05, 0.1) is 14.6 Å². The molecule has 6 heteroatoms. The Morgan fingerprint density at radius 1 is 0.844 bits per heavy atom. The van der Waals surface area contributed by atoms with Gasteiger partial charge in [0.2, 0.25) is 6.34 Å². The molecule has 32 heavy (non-hydrogen) atoms. The highest BCUT2D eigenvalue weighted by Crippen LogP contribution is 2.40. The van der Waals surface area contributed by atoms with E-state index < -0.39 is 0 Å². The molecule has 1 aliphatic heterocycles. The van der Waals surface area contributed by atoms with E-state index >= 15 is 0 Å². The first kappa shape index (κ1) is 23.8. The van der Waals surface area contributed by atoms with E-state index in [-0.39, 0.29) is 0 Å². The maximum Gasteiger partial charge on any atom is 0.239 e. The first-order valence-corrected chi connectivity index (χ1v) is 13.5. The zero-order valence-electron chi connectivity index (χ0n) is 18.9. The van der Waals surface area contributed by atoms with E-state index in [0.29, 0.717) is 11.8 Å². The summed E-state index contributed by atoms with van der Waals surface area (Å²) < 4.78 is 7.84. The molecule has 168 valence electrons. The van der Waals surface area contributed by atoms with Crippen molar-refractivity contribution in [2.75, 3.05) is 18.0 Å². The van der Waals surface area contributed by atoms with E-state index in [1.165, 1.54) is 22.5 Å². The second kappa shape index (κ2) is 9.86. The Morgan fingerprint density at radius 2 is 1.47 bits per heavy atom. The average molecular weight is 623 g/mol. The molecule has 3 aromatic rings. The van der Waals surface area contributed by atoms with Crippen LogP contribution in [-0.4, -0.2) is 28.6 Å². The second-order valence-electron chi connectivity index (χ2n) is 8.91. The van der Waals surface area contributed by atoms with Crippen LogP contribution in [0.3, 0.4) is 0 Å². The molecule has 0 unspecified atom stereocenters. The van der Waals surface area contributed by atoms with Gasteiger partial charge in [-0.05, 0) is 71.8 Å². The zero-order valence-corrected chi connectivity index (χ0v) is 23.7. The van der Waals surface area contributed by atoms with Gasteiger partial charge in [0.15, 0.2) is 0 Å². The SMILES string of the molecule is CC(C)c1cccc(C(C)C)c1N1C=[N+](Cc2c(Br)c(Br)c(Br)n2-c2ccccc2)CC1. The van der Waals surface area contributed by atoms with Crippen LogP contribution >= 0.6 is 47.8 Å². The average Bonchev–Trinajstić information content (AvgIpc) is 3.33. The second-order valence-corrected chi connectivity index (χ2v) is 11.2. The minimum atomic E-state index is 0.488. The standard InChI is InChI=1S/C26H29Br3N3/c1-17(2)20-11-8-12-21(18(3)4)25(20)31-14-13-30(16-31)15-22-23(27)24(28)26(29)32(22)19-9-6-5-7-10-19/h5-12,16-18H,13-15H2,1-4H3/q+1. The molecule has 0 aliphatic carbocycles. The van der Waals surface area contributed by atoms with Crippen LogP contribution in [0.5, 0.6) is 0 Å². The third kappa shape index (κ3) is 4.51. The van der Waals surface area contributed by atoms with Crippen LogP contribution in [-0.2, 0) is 6.54 Å². The summed E-state index contributed by atoms with van der Waals surface area (Å²) in [5.74, 6) is 0.977. The van der Waals surface area contributed by atoms with Crippen molar-refractivity contribution in [1.82, 2.24) is 4.57 Å². The van der Waals surface area contributed by atoms with Crippen molar-refractivity contribution in [1.29, 1.82) is 0 Å². The molecule has 2 aromatic carbocycles. The summed E-state index contributed by atoms with van der Waals surface area (Å²) >= 11 is 11.4. The van der Waals surface area contributed by atoms with E-state index in [4.69, 9.17) is 0 Å². The molecule has 0 radical (unpaired) electrons. The van der Waals surface area contributed by atoms with Gasteiger partial charge in [-0.15, -0.1) is 0 Å². The molecule has 0 N–H and O–H groups in total. The lowest BCUT2D eigenvalue weighted by Crippen LogP contribution is -2.22. The van der Waals surface area contributed by atoms with Crippen LogP contribution in [0.1, 0.15) is 56.4 Å². The van der Waals surface area contributed by atoms with Crippen LogP contribution in [0.2, 0.25) is 0 Å². The maximum absolute atomic E-state index is 3.83. The minimum Gasteiger partial charge on any atom is -0.302 e. The summed E-state index contributed by atoms with van der Waals surface area (Å²) in [6, 6.07) is 17.3. The highest BCUT2D eigenvalue weighted by molar-refractivity contribution is 9.14. The van der Waals surface area contributed by atoms with E-state index in [0.717, 1.165) is 38.9 Å². The van der Waals surface area contributed by atoms with Gasteiger partial charge in [0.25, 0.3) is 0 Å². The Labute approximate surface area is 216 Å². The smallest absolute Gasteiger partial charge is 0.239 e. The highest BCUT2D eigenvalue weighted by Gasteiger charge is 2.30. The maximum atomic E-state index is 3.83. The van der Waals surface area contributed by atoms with Crippen LogP contribution < -0.4 is 4.90 Å². The molecule has 0 saturated heterocycles. The van der Waals surface area contributed by atoms with E-state index in [2.05, 4.69) is 144 Å². The van der Waals surface area contributed by atoms with E-state index in [9.17, 15) is 0 Å². The lowest BCUT2D eigenvalue weighted by molar-refractivity contribution is -0.530. The van der Waals surface area contributed by atoms with E-state index in [1.807, 2.05) is 0 Å². The summed E-state index contributed by atoms with van der Waals surface area (Å²) in [7, 11) is 0. The summed E-state index contributed by atoms with van der Waals surface area (Å²) in [5.41, 5.74) is 6.60. The van der Waals surface area contributed by atoms with Crippen LogP contribution in [0.25, 0.3) is 5.69 Å². The number of benzene rings is 2. The normalized spacial score (nSPS) is 14.0. The number of aromatic nitrogens is 1. The van der Waals surface area contributed by atoms with Gasteiger partial charge in [-0.3, -0.25) is 4.58 Å². The molecule has 0 amide bonds. The zero-order chi connectivity index (χ0) is 23.0. The lowest BCUT2D eigenvalue weighted by atomic mass is 9.92. The van der Waals surface area contributed by atoms with Gasteiger partial charge in [-0.25, -0.2) is 4.90 Å². The van der Waals surface area contributed by atoms with Crippen molar-refractivity contribution in [2.24, 2.45) is 0 Å². The van der Waals surface area contributed by atoms with Crippen LogP contribution in [0, 0.1) is 0 Å². The molecule has 1 aliphatic rings. The van der Waals surface area contributed by atoms with Crippen LogP contribution in [0.4, 0.5) is 5.69 Å². The first-order chi connectivity index (χ1) is 15.3. The summed E-state index contributed by atoms with van der Waals surface area (Å²) in [6.45, 7) is 12.0. The summed E-state index contributed by atoms with van der Waals surface area (Å²) in [6.07, 6.45) is 2.31. The third-order valence-corrected chi connectivity index (χ3v) is 9.46. The van der Waals surface area contributed by atoms with Gasteiger partial charge in [-0.2, -0.15) is 0 Å². The van der Waals surface area contributed by atoms with Crippen molar-refractivity contribution in [2.45, 2.75) is 46.1 Å². The molecular formula is C26H29Br3N3+. The molecule has 3 nitrogen and oxygen atoms in total. The van der Waals surface area contributed by atoms with Crippen LogP contribution in [0.15, 0.2) is 62.1 Å².